The van der Waals surface area contributed by atoms with Gasteiger partial charge < -0.3 is 14.2 Å². The van der Waals surface area contributed by atoms with E-state index >= 15 is 0 Å². The van der Waals surface area contributed by atoms with Crippen LogP contribution in [0.2, 0.25) is 0 Å². The zero-order valence-corrected chi connectivity index (χ0v) is 15.4. The van der Waals surface area contributed by atoms with E-state index in [0.717, 1.165) is 6.08 Å². The van der Waals surface area contributed by atoms with Crippen LogP contribution in [0.15, 0.2) is 53.4 Å². The third-order valence-electron chi connectivity index (χ3n) is 3.44. The van der Waals surface area contributed by atoms with Gasteiger partial charge >= 0.3 is 5.97 Å². The Balaban J connectivity index is 2.37. The average Bonchev–Trinajstić information content (AvgIpc) is 2.65. The number of esters is 1. The van der Waals surface area contributed by atoms with Crippen molar-refractivity contribution in [2.24, 2.45) is 0 Å². The van der Waals surface area contributed by atoms with E-state index in [1.165, 1.54) is 39.5 Å². The van der Waals surface area contributed by atoms with E-state index in [-0.39, 0.29) is 4.90 Å². The lowest BCUT2D eigenvalue weighted by molar-refractivity contribution is -0.134. The average molecular weight is 377 g/mol. The molecule has 2 rings (SSSR count). The van der Waals surface area contributed by atoms with E-state index in [9.17, 15) is 13.2 Å². The van der Waals surface area contributed by atoms with E-state index in [2.05, 4.69) is 9.46 Å². The van der Waals surface area contributed by atoms with Crippen molar-refractivity contribution in [1.29, 1.82) is 0 Å². The summed E-state index contributed by atoms with van der Waals surface area (Å²) >= 11 is 0. The van der Waals surface area contributed by atoms with Crippen LogP contribution in [0.1, 0.15) is 5.56 Å². The predicted octanol–water partition coefficient (Wildman–Crippen LogP) is 2.69. The molecule has 0 aromatic heterocycles. The van der Waals surface area contributed by atoms with Crippen LogP contribution in [-0.2, 0) is 19.6 Å². The van der Waals surface area contributed by atoms with Gasteiger partial charge in [-0.15, -0.1) is 0 Å². The van der Waals surface area contributed by atoms with Crippen molar-refractivity contribution >= 4 is 27.8 Å². The molecule has 2 aromatic rings. The Bertz CT molecular complexity index is 921. The summed E-state index contributed by atoms with van der Waals surface area (Å²) in [6.45, 7) is 0. The van der Waals surface area contributed by atoms with Crippen molar-refractivity contribution in [3.63, 3.8) is 0 Å². The molecule has 1 N–H and O–H groups in total. The van der Waals surface area contributed by atoms with Crippen LogP contribution in [-0.4, -0.2) is 35.7 Å². The number of hydrogen-bond acceptors (Lipinski definition) is 6. The molecule has 0 aliphatic rings. The van der Waals surface area contributed by atoms with Crippen LogP contribution >= 0.6 is 0 Å². The minimum Gasteiger partial charge on any atom is -0.493 e. The van der Waals surface area contributed by atoms with E-state index in [4.69, 9.17) is 9.47 Å². The van der Waals surface area contributed by atoms with Crippen molar-refractivity contribution in [3.8, 4) is 11.5 Å². The molecule has 0 radical (unpaired) electrons. The fraction of sp³-hybridized carbons (Fsp3) is 0.167. The maximum absolute atomic E-state index is 12.8. The van der Waals surface area contributed by atoms with Crippen LogP contribution in [0.3, 0.4) is 0 Å². The monoisotopic (exact) mass is 377 g/mol. The summed E-state index contributed by atoms with van der Waals surface area (Å²) < 4.78 is 42.8. The minimum atomic E-state index is -3.89. The molecule has 0 spiro atoms. The molecule has 0 unspecified atom stereocenters. The lowest BCUT2D eigenvalue weighted by atomic mass is 10.2. The molecule has 7 nitrogen and oxygen atoms in total. The molecule has 0 bridgehead atoms. The highest BCUT2D eigenvalue weighted by Crippen LogP contribution is 2.31. The molecular formula is C18H19NO6S. The molecule has 0 heterocycles. The standard InChI is InChI=1S/C18H19NO6S/c1-23-15-10-9-14(12-16(15)24-2)19-26(21,22)17-7-5-4-6-13(17)8-11-18(20)25-3/h4-12,19H,1-3H3. The van der Waals surface area contributed by atoms with E-state index in [0.29, 0.717) is 22.7 Å². The van der Waals surface area contributed by atoms with E-state index in [1.807, 2.05) is 0 Å². The van der Waals surface area contributed by atoms with E-state index in [1.54, 1.807) is 30.3 Å². The molecular weight excluding hydrogens is 358 g/mol. The van der Waals surface area contributed by atoms with Gasteiger partial charge in [-0.3, -0.25) is 4.72 Å². The normalized spacial score (nSPS) is 11.2. The van der Waals surface area contributed by atoms with Gasteiger partial charge in [-0.1, -0.05) is 18.2 Å². The van der Waals surface area contributed by atoms with Crippen LogP contribution in [0.4, 0.5) is 5.69 Å². The lowest BCUT2D eigenvalue weighted by Gasteiger charge is -2.13. The summed E-state index contributed by atoms with van der Waals surface area (Å²) in [6, 6.07) is 11.0. The molecule has 138 valence electrons. The highest BCUT2D eigenvalue weighted by molar-refractivity contribution is 7.92. The number of ether oxygens (including phenoxy) is 3. The highest BCUT2D eigenvalue weighted by atomic mass is 32.2. The van der Waals surface area contributed by atoms with Gasteiger partial charge in [0.1, 0.15) is 0 Å². The summed E-state index contributed by atoms with van der Waals surface area (Å²) in [5.74, 6) is 0.300. The number of methoxy groups -OCH3 is 3. The second-order valence-corrected chi connectivity index (χ2v) is 6.72. The molecule has 0 aliphatic carbocycles. The Hall–Kier alpha value is -3.00. The van der Waals surface area contributed by atoms with Crippen molar-refractivity contribution in [3.05, 3.63) is 54.1 Å². The number of anilines is 1. The summed E-state index contributed by atoms with van der Waals surface area (Å²) in [5.41, 5.74) is 0.667. The predicted molar refractivity (Wildman–Crippen MR) is 97.8 cm³/mol. The van der Waals surface area contributed by atoms with E-state index < -0.39 is 16.0 Å². The van der Waals surface area contributed by atoms with Crippen molar-refractivity contribution in [2.45, 2.75) is 4.90 Å². The Morgan fingerprint density at radius 1 is 1.00 bits per heavy atom. The van der Waals surface area contributed by atoms with Gasteiger partial charge in [-0.25, -0.2) is 13.2 Å². The second kappa shape index (κ2) is 8.39. The van der Waals surface area contributed by atoms with Crippen molar-refractivity contribution in [1.82, 2.24) is 0 Å². The zero-order valence-electron chi connectivity index (χ0n) is 14.6. The first-order valence-electron chi connectivity index (χ1n) is 7.51. The SMILES string of the molecule is COC(=O)C=Cc1ccccc1S(=O)(=O)Nc1ccc(OC)c(OC)c1. The fourth-order valence-corrected chi connectivity index (χ4v) is 3.45. The number of carbonyl (C=O) groups is 1. The van der Waals surface area contributed by atoms with Gasteiger partial charge in [0.2, 0.25) is 0 Å². The molecule has 0 atom stereocenters. The molecule has 0 aliphatic heterocycles. The summed E-state index contributed by atoms with van der Waals surface area (Å²) in [6.07, 6.45) is 2.54. The van der Waals surface area contributed by atoms with Crippen LogP contribution in [0.5, 0.6) is 11.5 Å². The molecule has 0 saturated carbocycles. The van der Waals surface area contributed by atoms with Crippen molar-refractivity contribution in [2.75, 3.05) is 26.1 Å². The number of carbonyl (C=O) groups excluding carboxylic acids is 1. The maximum Gasteiger partial charge on any atom is 0.330 e. The van der Waals surface area contributed by atoms with Gasteiger partial charge in [-0.05, 0) is 29.8 Å². The third kappa shape index (κ3) is 4.54. The van der Waals surface area contributed by atoms with Gasteiger partial charge in [0, 0.05) is 12.1 Å². The largest absolute Gasteiger partial charge is 0.493 e. The number of sulfonamides is 1. The molecule has 2 aromatic carbocycles. The summed E-state index contributed by atoms with van der Waals surface area (Å²) in [7, 11) is 0.304. The van der Waals surface area contributed by atoms with Crippen molar-refractivity contribution < 1.29 is 27.4 Å². The fourth-order valence-electron chi connectivity index (χ4n) is 2.20. The number of hydrogen-bond donors (Lipinski definition) is 1. The molecule has 26 heavy (non-hydrogen) atoms. The van der Waals surface area contributed by atoms with Gasteiger partial charge in [0.25, 0.3) is 10.0 Å². The van der Waals surface area contributed by atoms with Gasteiger partial charge in [-0.2, -0.15) is 0 Å². The highest BCUT2D eigenvalue weighted by Gasteiger charge is 2.18. The Morgan fingerprint density at radius 3 is 2.35 bits per heavy atom. The lowest BCUT2D eigenvalue weighted by Crippen LogP contribution is -2.14. The number of rotatable bonds is 7. The second-order valence-electron chi connectivity index (χ2n) is 5.07. The molecule has 8 heteroatoms. The van der Waals surface area contributed by atoms with Gasteiger partial charge in [0.05, 0.1) is 31.9 Å². The first-order valence-corrected chi connectivity index (χ1v) is 8.99. The van der Waals surface area contributed by atoms with Gasteiger partial charge in [0.15, 0.2) is 11.5 Å². The molecule has 0 fully saturated rings. The zero-order chi connectivity index (χ0) is 19.2. The summed E-state index contributed by atoms with van der Waals surface area (Å²) in [5, 5.41) is 0. The van der Waals surface area contributed by atoms with Crippen LogP contribution in [0.25, 0.3) is 6.08 Å². The Kier molecular flexibility index (Phi) is 6.24. The topological polar surface area (TPSA) is 90.9 Å². The maximum atomic E-state index is 12.8. The van der Waals surface area contributed by atoms with Crippen LogP contribution in [0, 0.1) is 0 Å². The number of benzene rings is 2. The van der Waals surface area contributed by atoms with Crippen LogP contribution < -0.4 is 14.2 Å². The summed E-state index contributed by atoms with van der Waals surface area (Å²) in [4.78, 5) is 11.3. The molecule has 0 saturated heterocycles. The molecule has 0 amide bonds. The Labute approximate surface area is 152 Å². The quantitative estimate of drug-likeness (QED) is 0.589. The first kappa shape index (κ1) is 19.3. The first-order chi connectivity index (χ1) is 12.4. The number of nitrogens with one attached hydrogen (secondary N) is 1. The Morgan fingerprint density at radius 2 is 1.69 bits per heavy atom. The third-order valence-corrected chi connectivity index (χ3v) is 4.90. The minimum absolute atomic E-state index is 0.0231. The smallest absolute Gasteiger partial charge is 0.330 e.